The SMILES string of the molecule is CC(=O)Nc1cccc(Nc2nccc(Nc3cccc4cccnc34)n2)c1. The number of benzene rings is 2. The summed E-state index contributed by atoms with van der Waals surface area (Å²) in [6.07, 6.45) is 3.44. The van der Waals surface area contributed by atoms with E-state index < -0.39 is 0 Å². The fourth-order valence-electron chi connectivity index (χ4n) is 2.84. The maximum atomic E-state index is 11.2. The van der Waals surface area contributed by atoms with E-state index in [1.165, 1.54) is 6.92 Å². The van der Waals surface area contributed by atoms with Crippen molar-refractivity contribution in [3.8, 4) is 0 Å². The Bertz CT molecular complexity index is 1140. The van der Waals surface area contributed by atoms with Crippen LogP contribution < -0.4 is 16.0 Å². The molecule has 2 aromatic heterocycles. The zero-order chi connectivity index (χ0) is 19.3. The zero-order valence-corrected chi connectivity index (χ0v) is 15.2. The number of para-hydroxylation sites is 1. The number of hydrogen-bond acceptors (Lipinski definition) is 6. The highest BCUT2D eigenvalue weighted by Gasteiger charge is 2.05. The largest absolute Gasteiger partial charge is 0.338 e. The maximum Gasteiger partial charge on any atom is 0.229 e. The topological polar surface area (TPSA) is 91.8 Å². The molecule has 0 radical (unpaired) electrons. The molecular formula is C21H18N6O. The fraction of sp³-hybridized carbons (Fsp3) is 0.0476. The number of rotatable bonds is 5. The summed E-state index contributed by atoms with van der Waals surface area (Å²) in [4.78, 5) is 24.4. The van der Waals surface area contributed by atoms with Gasteiger partial charge in [-0.1, -0.05) is 24.3 Å². The normalized spacial score (nSPS) is 10.5. The molecule has 4 rings (SSSR count). The second-order valence-corrected chi connectivity index (χ2v) is 6.16. The van der Waals surface area contributed by atoms with Gasteiger partial charge in [-0.3, -0.25) is 9.78 Å². The first-order valence-corrected chi connectivity index (χ1v) is 8.76. The Balaban J connectivity index is 1.56. The molecule has 0 unspecified atom stereocenters. The lowest BCUT2D eigenvalue weighted by Gasteiger charge is -2.11. The first kappa shape index (κ1) is 17.4. The van der Waals surface area contributed by atoms with Crippen LogP contribution in [-0.4, -0.2) is 20.9 Å². The van der Waals surface area contributed by atoms with Crippen LogP contribution in [0.25, 0.3) is 10.9 Å². The average Bonchev–Trinajstić information content (AvgIpc) is 2.68. The van der Waals surface area contributed by atoms with Crippen LogP contribution in [0, 0.1) is 0 Å². The van der Waals surface area contributed by atoms with Gasteiger partial charge in [0.2, 0.25) is 11.9 Å². The highest BCUT2D eigenvalue weighted by molar-refractivity contribution is 5.91. The van der Waals surface area contributed by atoms with Crippen LogP contribution in [0.4, 0.5) is 28.8 Å². The maximum absolute atomic E-state index is 11.2. The van der Waals surface area contributed by atoms with Gasteiger partial charge >= 0.3 is 0 Å². The van der Waals surface area contributed by atoms with Gasteiger partial charge < -0.3 is 16.0 Å². The molecule has 1 amide bonds. The van der Waals surface area contributed by atoms with Gasteiger partial charge in [0, 0.05) is 36.1 Å². The van der Waals surface area contributed by atoms with Gasteiger partial charge in [-0.15, -0.1) is 0 Å². The number of fused-ring (bicyclic) bond motifs is 1. The van der Waals surface area contributed by atoms with Gasteiger partial charge in [-0.2, -0.15) is 4.98 Å². The molecular weight excluding hydrogens is 352 g/mol. The van der Waals surface area contributed by atoms with Gasteiger partial charge in [-0.05, 0) is 36.4 Å². The first-order chi connectivity index (χ1) is 13.7. The molecule has 0 bridgehead atoms. The third-order valence-electron chi connectivity index (χ3n) is 3.99. The Hall–Kier alpha value is -4.00. The van der Waals surface area contributed by atoms with Crippen LogP contribution in [0.2, 0.25) is 0 Å². The minimum atomic E-state index is -0.122. The molecule has 28 heavy (non-hydrogen) atoms. The Morgan fingerprint density at radius 2 is 1.68 bits per heavy atom. The number of pyridine rings is 1. The van der Waals surface area contributed by atoms with Crippen molar-refractivity contribution in [1.82, 2.24) is 15.0 Å². The zero-order valence-electron chi connectivity index (χ0n) is 15.2. The van der Waals surface area contributed by atoms with Crippen LogP contribution in [0.15, 0.2) is 73.1 Å². The standard InChI is InChI=1S/C21H18N6O/c1-14(28)24-16-7-3-8-17(13-16)25-21-23-12-10-19(27-21)26-18-9-2-5-15-6-4-11-22-20(15)18/h2-13H,1H3,(H,24,28)(H2,23,25,26,27). The van der Waals surface area contributed by atoms with E-state index in [0.29, 0.717) is 17.5 Å². The molecule has 138 valence electrons. The predicted octanol–water partition coefficient (Wildman–Crippen LogP) is 4.47. The monoisotopic (exact) mass is 370 g/mol. The second kappa shape index (κ2) is 7.71. The summed E-state index contributed by atoms with van der Waals surface area (Å²) in [5, 5.41) is 10.3. The van der Waals surface area contributed by atoms with Crippen molar-refractivity contribution in [2.24, 2.45) is 0 Å². The van der Waals surface area contributed by atoms with Crippen LogP contribution in [0.1, 0.15) is 6.92 Å². The number of amides is 1. The minimum Gasteiger partial charge on any atom is -0.338 e. The van der Waals surface area contributed by atoms with Crippen molar-refractivity contribution in [1.29, 1.82) is 0 Å². The number of nitrogens with zero attached hydrogens (tertiary/aromatic N) is 3. The number of carbonyl (C=O) groups excluding carboxylic acids is 1. The van der Waals surface area contributed by atoms with E-state index in [4.69, 9.17) is 0 Å². The lowest BCUT2D eigenvalue weighted by molar-refractivity contribution is -0.114. The summed E-state index contributed by atoms with van der Waals surface area (Å²) in [7, 11) is 0. The van der Waals surface area contributed by atoms with Crippen molar-refractivity contribution >= 4 is 45.6 Å². The molecule has 0 aliphatic carbocycles. The molecule has 0 aliphatic rings. The lowest BCUT2D eigenvalue weighted by Crippen LogP contribution is -2.06. The molecule has 0 fully saturated rings. The third-order valence-corrected chi connectivity index (χ3v) is 3.99. The van der Waals surface area contributed by atoms with Crippen molar-refractivity contribution < 1.29 is 4.79 Å². The van der Waals surface area contributed by atoms with Crippen LogP contribution in [0.5, 0.6) is 0 Å². The molecule has 0 saturated carbocycles. The predicted molar refractivity (Wildman–Crippen MR) is 111 cm³/mol. The van der Waals surface area contributed by atoms with E-state index in [2.05, 4.69) is 30.9 Å². The van der Waals surface area contributed by atoms with Gasteiger partial charge in [0.05, 0.1) is 11.2 Å². The highest BCUT2D eigenvalue weighted by Crippen LogP contribution is 2.24. The smallest absolute Gasteiger partial charge is 0.229 e. The molecule has 0 atom stereocenters. The van der Waals surface area contributed by atoms with Crippen molar-refractivity contribution in [2.75, 3.05) is 16.0 Å². The number of anilines is 5. The summed E-state index contributed by atoms with van der Waals surface area (Å²) in [6.45, 7) is 1.47. The Morgan fingerprint density at radius 3 is 2.57 bits per heavy atom. The van der Waals surface area contributed by atoms with Crippen LogP contribution in [0.3, 0.4) is 0 Å². The van der Waals surface area contributed by atoms with E-state index in [1.54, 1.807) is 18.5 Å². The van der Waals surface area contributed by atoms with Crippen LogP contribution >= 0.6 is 0 Å². The number of hydrogen-bond donors (Lipinski definition) is 3. The molecule has 2 aromatic carbocycles. The molecule has 0 spiro atoms. The second-order valence-electron chi connectivity index (χ2n) is 6.16. The van der Waals surface area contributed by atoms with Gasteiger partial charge in [0.1, 0.15) is 5.82 Å². The summed E-state index contributed by atoms with van der Waals surface area (Å²) in [5.41, 5.74) is 3.22. The van der Waals surface area contributed by atoms with Crippen molar-refractivity contribution in [3.05, 3.63) is 73.1 Å². The summed E-state index contributed by atoms with van der Waals surface area (Å²) >= 11 is 0. The summed E-state index contributed by atoms with van der Waals surface area (Å²) in [6, 6.07) is 19.0. The Morgan fingerprint density at radius 1 is 0.857 bits per heavy atom. The highest BCUT2D eigenvalue weighted by atomic mass is 16.1. The van der Waals surface area contributed by atoms with E-state index in [1.807, 2.05) is 54.6 Å². The van der Waals surface area contributed by atoms with E-state index in [0.717, 1.165) is 22.3 Å². The van der Waals surface area contributed by atoms with E-state index >= 15 is 0 Å². The average molecular weight is 370 g/mol. The van der Waals surface area contributed by atoms with Crippen LogP contribution in [-0.2, 0) is 4.79 Å². The molecule has 4 aromatic rings. The first-order valence-electron chi connectivity index (χ1n) is 8.76. The van der Waals surface area contributed by atoms with Gasteiger partial charge in [-0.25, -0.2) is 4.98 Å². The van der Waals surface area contributed by atoms with Crippen molar-refractivity contribution in [2.45, 2.75) is 6.92 Å². The molecule has 3 N–H and O–H groups in total. The number of nitrogens with one attached hydrogen (secondary N) is 3. The minimum absolute atomic E-state index is 0.122. The third kappa shape index (κ3) is 4.04. The summed E-state index contributed by atoms with van der Waals surface area (Å²) in [5.74, 6) is 0.968. The van der Waals surface area contributed by atoms with E-state index in [-0.39, 0.29) is 5.91 Å². The fourth-order valence-corrected chi connectivity index (χ4v) is 2.84. The molecule has 7 nitrogen and oxygen atoms in total. The molecule has 0 saturated heterocycles. The summed E-state index contributed by atoms with van der Waals surface area (Å²) < 4.78 is 0. The number of aromatic nitrogens is 3. The van der Waals surface area contributed by atoms with Crippen molar-refractivity contribution in [3.63, 3.8) is 0 Å². The quantitative estimate of drug-likeness (QED) is 0.480. The molecule has 2 heterocycles. The van der Waals surface area contributed by atoms with Gasteiger partial charge in [0.15, 0.2) is 0 Å². The molecule has 0 aliphatic heterocycles. The molecule has 7 heteroatoms. The Labute approximate surface area is 161 Å². The van der Waals surface area contributed by atoms with E-state index in [9.17, 15) is 4.79 Å². The Kier molecular flexibility index (Phi) is 4.79. The number of carbonyl (C=O) groups is 1. The van der Waals surface area contributed by atoms with Gasteiger partial charge in [0.25, 0.3) is 0 Å². The lowest BCUT2D eigenvalue weighted by atomic mass is 10.2.